The lowest BCUT2D eigenvalue weighted by atomic mass is 10.3. The molecule has 0 aliphatic carbocycles. The quantitative estimate of drug-likeness (QED) is 0.829. The Labute approximate surface area is 132 Å². The van der Waals surface area contributed by atoms with Crippen molar-refractivity contribution in [3.05, 3.63) is 5.82 Å². The van der Waals surface area contributed by atoms with Gasteiger partial charge in [-0.2, -0.15) is 15.0 Å². The van der Waals surface area contributed by atoms with Gasteiger partial charge in [0.05, 0.1) is 6.54 Å². The van der Waals surface area contributed by atoms with Crippen molar-refractivity contribution >= 4 is 17.8 Å². The van der Waals surface area contributed by atoms with E-state index in [-0.39, 0.29) is 6.54 Å². The van der Waals surface area contributed by atoms with E-state index in [9.17, 15) is 4.79 Å². The minimum Gasteiger partial charge on any atom is -0.368 e. The molecule has 1 fully saturated rings. The first-order valence-corrected chi connectivity index (χ1v) is 7.61. The molecule has 1 saturated heterocycles. The van der Waals surface area contributed by atoms with Crippen LogP contribution in [0, 0.1) is 6.92 Å². The Kier molecular flexibility index (Phi) is 6.97. The van der Waals surface area contributed by atoms with E-state index >= 15 is 0 Å². The first-order chi connectivity index (χ1) is 10.5. The molecule has 0 unspecified atom stereocenters. The highest BCUT2D eigenvalue weighted by molar-refractivity contribution is 5.78. The minimum atomic E-state index is -0.410. The maximum Gasteiger partial charge on any atom is 0.237 e. The summed E-state index contributed by atoms with van der Waals surface area (Å²) in [6.45, 7) is 9.65. The number of aryl methyl sites for hydroxylation is 1. The van der Waals surface area contributed by atoms with Crippen molar-refractivity contribution in [2.24, 2.45) is 5.73 Å². The largest absolute Gasteiger partial charge is 0.368 e. The summed E-state index contributed by atoms with van der Waals surface area (Å²) in [5.41, 5.74) is 5.20. The van der Waals surface area contributed by atoms with Crippen LogP contribution in [-0.2, 0) is 4.79 Å². The number of likely N-dealkylation sites (N-methyl/N-ethyl adjacent to an activating group) is 2. The molecule has 1 aromatic rings. The number of hydrogen-bond donors (Lipinski definition) is 1. The number of hydrogen-bond acceptors (Lipinski definition) is 7. The van der Waals surface area contributed by atoms with Crippen LogP contribution in [-0.4, -0.2) is 72.6 Å². The standard InChI is InChI=1S/C12H21N7O.C2H6/c1-9-14-11(18(3)8-10(13)20)16-12(15-9)19-6-4-17(2)5-7-19;1-2/h4-8H2,1-3H3,(H2,13,20);1-2H3. The Hall–Kier alpha value is -1.96. The van der Waals surface area contributed by atoms with Crippen molar-refractivity contribution in [1.29, 1.82) is 0 Å². The summed E-state index contributed by atoms with van der Waals surface area (Å²) in [5.74, 6) is 1.37. The summed E-state index contributed by atoms with van der Waals surface area (Å²) in [4.78, 5) is 30.1. The van der Waals surface area contributed by atoms with Crippen LogP contribution < -0.4 is 15.5 Å². The van der Waals surface area contributed by atoms with Gasteiger partial charge < -0.3 is 20.4 Å². The molecule has 1 aliphatic rings. The van der Waals surface area contributed by atoms with Crippen molar-refractivity contribution in [2.75, 3.05) is 56.6 Å². The lowest BCUT2D eigenvalue weighted by Gasteiger charge is -2.32. The lowest BCUT2D eigenvalue weighted by molar-refractivity contribution is -0.116. The first-order valence-electron chi connectivity index (χ1n) is 7.61. The Morgan fingerprint density at radius 3 is 2.32 bits per heavy atom. The molecule has 8 nitrogen and oxygen atoms in total. The van der Waals surface area contributed by atoms with Gasteiger partial charge in [0.15, 0.2) is 0 Å². The zero-order chi connectivity index (χ0) is 16.7. The molecular weight excluding hydrogens is 282 g/mol. The van der Waals surface area contributed by atoms with E-state index in [2.05, 4.69) is 31.8 Å². The zero-order valence-electron chi connectivity index (χ0n) is 14.2. The fourth-order valence-electron chi connectivity index (χ4n) is 2.08. The van der Waals surface area contributed by atoms with E-state index in [1.54, 1.807) is 11.9 Å². The number of rotatable bonds is 4. The molecule has 124 valence electrons. The number of carbonyl (C=O) groups is 1. The second-order valence-electron chi connectivity index (χ2n) is 5.10. The van der Waals surface area contributed by atoms with Crippen LogP contribution in [0.2, 0.25) is 0 Å². The normalized spacial score (nSPS) is 15.0. The molecule has 0 aromatic carbocycles. The molecule has 1 aliphatic heterocycles. The number of amides is 1. The SMILES string of the molecule is CC.Cc1nc(N(C)CC(N)=O)nc(N2CCN(C)CC2)n1. The highest BCUT2D eigenvalue weighted by Gasteiger charge is 2.19. The van der Waals surface area contributed by atoms with Crippen molar-refractivity contribution in [3.8, 4) is 0 Å². The van der Waals surface area contributed by atoms with Gasteiger partial charge in [-0.25, -0.2) is 0 Å². The van der Waals surface area contributed by atoms with Crippen LogP contribution in [0.15, 0.2) is 0 Å². The Bertz CT molecular complexity index is 486. The van der Waals surface area contributed by atoms with Gasteiger partial charge in [-0.3, -0.25) is 4.79 Å². The molecule has 1 amide bonds. The van der Waals surface area contributed by atoms with Gasteiger partial charge in [0, 0.05) is 33.2 Å². The predicted octanol–water partition coefficient (Wildman–Crippen LogP) is -0.120. The van der Waals surface area contributed by atoms with Gasteiger partial charge in [-0.1, -0.05) is 13.8 Å². The maximum atomic E-state index is 11.0. The Balaban J connectivity index is 0.00000116. The minimum absolute atomic E-state index is 0.0889. The molecule has 2 N–H and O–H groups in total. The van der Waals surface area contributed by atoms with Crippen LogP contribution in [0.3, 0.4) is 0 Å². The smallest absolute Gasteiger partial charge is 0.237 e. The van der Waals surface area contributed by atoms with Gasteiger partial charge in [-0.15, -0.1) is 0 Å². The van der Waals surface area contributed by atoms with Crippen LogP contribution in [0.5, 0.6) is 0 Å². The van der Waals surface area contributed by atoms with E-state index in [0.29, 0.717) is 17.7 Å². The molecule has 0 radical (unpaired) electrons. The number of nitrogens with zero attached hydrogens (tertiary/aromatic N) is 6. The topological polar surface area (TPSA) is 91.5 Å². The van der Waals surface area contributed by atoms with E-state index < -0.39 is 5.91 Å². The molecule has 2 rings (SSSR count). The monoisotopic (exact) mass is 309 g/mol. The van der Waals surface area contributed by atoms with E-state index in [4.69, 9.17) is 5.73 Å². The van der Waals surface area contributed by atoms with Gasteiger partial charge >= 0.3 is 0 Å². The summed E-state index contributed by atoms with van der Waals surface area (Å²) in [6.07, 6.45) is 0. The first kappa shape index (κ1) is 18.1. The lowest BCUT2D eigenvalue weighted by Crippen LogP contribution is -2.45. The van der Waals surface area contributed by atoms with Gasteiger partial charge in [0.25, 0.3) is 0 Å². The summed E-state index contributed by atoms with van der Waals surface area (Å²) in [7, 11) is 3.84. The number of piperazine rings is 1. The average molecular weight is 309 g/mol. The fourth-order valence-corrected chi connectivity index (χ4v) is 2.08. The molecular formula is C14H27N7O. The number of nitrogens with two attached hydrogens (primary N) is 1. The second-order valence-corrected chi connectivity index (χ2v) is 5.10. The van der Waals surface area contributed by atoms with Crippen LogP contribution >= 0.6 is 0 Å². The molecule has 2 heterocycles. The Morgan fingerprint density at radius 2 is 1.77 bits per heavy atom. The number of aromatic nitrogens is 3. The Morgan fingerprint density at radius 1 is 1.18 bits per heavy atom. The van der Waals surface area contributed by atoms with Crippen molar-refractivity contribution < 1.29 is 4.79 Å². The molecule has 0 bridgehead atoms. The third kappa shape index (κ3) is 5.10. The van der Waals surface area contributed by atoms with Crippen molar-refractivity contribution in [2.45, 2.75) is 20.8 Å². The van der Waals surface area contributed by atoms with Gasteiger partial charge in [-0.05, 0) is 14.0 Å². The van der Waals surface area contributed by atoms with Crippen molar-refractivity contribution in [1.82, 2.24) is 19.9 Å². The van der Waals surface area contributed by atoms with Gasteiger partial charge in [0.2, 0.25) is 17.8 Å². The molecule has 8 heteroatoms. The molecule has 1 aromatic heterocycles. The molecule has 0 atom stereocenters. The zero-order valence-corrected chi connectivity index (χ0v) is 14.2. The van der Waals surface area contributed by atoms with Gasteiger partial charge in [0.1, 0.15) is 5.82 Å². The third-order valence-corrected chi connectivity index (χ3v) is 3.24. The third-order valence-electron chi connectivity index (χ3n) is 3.24. The molecule has 22 heavy (non-hydrogen) atoms. The van der Waals surface area contributed by atoms with Crippen LogP contribution in [0.4, 0.5) is 11.9 Å². The van der Waals surface area contributed by atoms with Crippen LogP contribution in [0.25, 0.3) is 0 Å². The fraction of sp³-hybridized carbons (Fsp3) is 0.714. The summed E-state index contributed by atoms with van der Waals surface area (Å²) < 4.78 is 0. The highest BCUT2D eigenvalue weighted by atomic mass is 16.1. The maximum absolute atomic E-state index is 11.0. The summed E-state index contributed by atoms with van der Waals surface area (Å²) in [5, 5.41) is 0. The number of anilines is 2. The number of primary amides is 1. The predicted molar refractivity (Wildman–Crippen MR) is 88.1 cm³/mol. The second kappa shape index (κ2) is 8.47. The summed E-state index contributed by atoms with van der Waals surface area (Å²) in [6, 6.07) is 0. The van der Waals surface area contributed by atoms with Crippen molar-refractivity contribution in [3.63, 3.8) is 0 Å². The highest BCUT2D eigenvalue weighted by Crippen LogP contribution is 2.14. The average Bonchev–Trinajstić information content (AvgIpc) is 2.48. The van der Waals surface area contributed by atoms with E-state index in [0.717, 1.165) is 26.2 Å². The van der Waals surface area contributed by atoms with E-state index in [1.165, 1.54) is 0 Å². The van der Waals surface area contributed by atoms with E-state index in [1.807, 2.05) is 20.8 Å². The number of carbonyl (C=O) groups excluding carboxylic acids is 1. The molecule has 0 saturated carbocycles. The molecule has 0 spiro atoms. The summed E-state index contributed by atoms with van der Waals surface area (Å²) >= 11 is 0. The van der Waals surface area contributed by atoms with Crippen LogP contribution in [0.1, 0.15) is 19.7 Å².